The van der Waals surface area contributed by atoms with E-state index in [2.05, 4.69) is 4.98 Å². The number of aromatic nitrogens is 1. The minimum absolute atomic E-state index is 0.0423. The van der Waals surface area contributed by atoms with Gasteiger partial charge in [0.1, 0.15) is 0 Å². The van der Waals surface area contributed by atoms with Crippen LogP contribution in [0.4, 0.5) is 0 Å². The van der Waals surface area contributed by atoms with Crippen LogP contribution >= 0.6 is 0 Å². The van der Waals surface area contributed by atoms with Crippen molar-refractivity contribution in [1.82, 2.24) is 4.98 Å². The minimum Gasteiger partial charge on any atom is -0.354 e. The average molecular weight is 265 g/mol. The van der Waals surface area contributed by atoms with Gasteiger partial charge in [0, 0.05) is 32.9 Å². The second kappa shape index (κ2) is 4.30. The molecule has 0 amide bonds. The second-order valence-electron chi connectivity index (χ2n) is 5.21. The van der Waals surface area contributed by atoms with E-state index in [0.717, 1.165) is 27.4 Å². The van der Waals surface area contributed by atoms with Gasteiger partial charge in [0.15, 0.2) is 11.6 Å². The van der Waals surface area contributed by atoms with Gasteiger partial charge in [-0.25, -0.2) is 0 Å². The zero-order chi connectivity index (χ0) is 14.4. The van der Waals surface area contributed by atoms with Crippen molar-refractivity contribution in [1.29, 1.82) is 0 Å². The summed E-state index contributed by atoms with van der Waals surface area (Å²) in [5.41, 5.74) is 4.42. The summed E-state index contributed by atoms with van der Waals surface area (Å²) in [6.07, 6.45) is 0. The molecule has 0 saturated carbocycles. The van der Waals surface area contributed by atoms with Crippen molar-refractivity contribution < 1.29 is 9.59 Å². The molecule has 0 bridgehead atoms. The summed E-state index contributed by atoms with van der Waals surface area (Å²) in [5, 5.41) is 1.98. The third-order valence-corrected chi connectivity index (χ3v) is 3.72. The van der Waals surface area contributed by atoms with E-state index in [-0.39, 0.29) is 11.6 Å². The molecule has 1 heterocycles. The molecule has 2 aromatic carbocycles. The van der Waals surface area contributed by atoms with Crippen LogP contribution in [0.2, 0.25) is 0 Å². The normalized spacial score (nSPS) is 11.2. The number of benzene rings is 2. The first kappa shape index (κ1) is 12.6. The molecule has 0 aliphatic rings. The lowest BCUT2D eigenvalue weighted by Gasteiger charge is -2.01. The third kappa shape index (κ3) is 1.83. The lowest BCUT2D eigenvalue weighted by atomic mass is 10.0. The van der Waals surface area contributed by atoms with E-state index in [0.29, 0.717) is 11.1 Å². The fourth-order valence-corrected chi connectivity index (χ4v) is 2.60. The van der Waals surface area contributed by atoms with Crippen LogP contribution in [0.25, 0.3) is 21.8 Å². The molecule has 100 valence electrons. The van der Waals surface area contributed by atoms with E-state index in [1.54, 1.807) is 13.8 Å². The van der Waals surface area contributed by atoms with Crippen LogP contribution in [0.1, 0.15) is 40.1 Å². The molecule has 3 aromatic rings. The molecule has 0 unspecified atom stereocenters. The highest BCUT2D eigenvalue weighted by Gasteiger charge is 2.11. The summed E-state index contributed by atoms with van der Waals surface area (Å²) in [6, 6.07) is 9.42. The van der Waals surface area contributed by atoms with E-state index in [1.807, 2.05) is 37.3 Å². The standard InChI is InChI=1S/C17H15NO2/c1-9-6-13(11(3)20)8-15-14-7-12(10(2)19)4-5-16(14)18-17(9)15/h4-8,18H,1-3H3. The van der Waals surface area contributed by atoms with E-state index < -0.39 is 0 Å². The number of carbonyl (C=O) groups excluding carboxylic acids is 2. The molecule has 0 atom stereocenters. The summed E-state index contributed by atoms with van der Waals surface area (Å²) in [5.74, 6) is 0.0905. The molecular weight excluding hydrogens is 250 g/mol. The van der Waals surface area contributed by atoms with Gasteiger partial charge in [0.05, 0.1) is 0 Å². The molecule has 1 aromatic heterocycles. The number of Topliss-reactive ketones (excluding diaryl/α,β-unsaturated/α-hetero) is 2. The average Bonchev–Trinajstić information content (AvgIpc) is 2.77. The second-order valence-corrected chi connectivity index (χ2v) is 5.21. The SMILES string of the molecule is CC(=O)c1ccc2[nH]c3c(C)cc(C(C)=O)cc3c2c1. The Morgan fingerprint density at radius 3 is 2.20 bits per heavy atom. The lowest BCUT2D eigenvalue weighted by Crippen LogP contribution is -1.93. The Labute approximate surface area is 116 Å². The zero-order valence-corrected chi connectivity index (χ0v) is 11.7. The van der Waals surface area contributed by atoms with Crippen LogP contribution in [-0.4, -0.2) is 16.6 Å². The molecule has 0 fully saturated rings. The number of ketones is 2. The largest absolute Gasteiger partial charge is 0.354 e. The maximum absolute atomic E-state index is 11.6. The van der Waals surface area contributed by atoms with Crippen molar-refractivity contribution in [2.75, 3.05) is 0 Å². The Kier molecular flexibility index (Phi) is 2.71. The molecular formula is C17H15NO2. The Hall–Kier alpha value is -2.42. The molecule has 20 heavy (non-hydrogen) atoms. The van der Waals surface area contributed by atoms with Crippen molar-refractivity contribution in [3.8, 4) is 0 Å². The number of nitrogens with one attached hydrogen (secondary N) is 1. The Morgan fingerprint density at radius 2 is 1.55 bits per heavy atom. The maximum Gasteiger partial charge on any atom is 0.159 e. The zero-order valence-electron chi connectivity index (χ0n) is 11.7. The van der Waals surface area contributed by atoms with Gasteiger partial charge < -0.3 is 4.98 Å². The van der Waals surface area contributed by atoms with Gasteiger partial charge in [-0.1, -0.05) is 0 Å². The monoisotopic (exact) mass is 265 g/mol. The van der Waals surface area contributed by atoms with E-state index in [9.17, 15) is 9.59 Å². The van der Waals surface area contributed by atoms with Gasteiger partial charge in [-0.05, 0) is 56.7 Å². The summed E-state index contributed by atoms with van der Waals surface area (Å²) in [4.78, 5) is 26.5. The summed E-state index contributed by atoms with van der Waals surface area (Å²) in [6.45, 7) is 5.11. The first-order valence-electron chi connectivity index (χ1n) is 6.55. The smallest absolute Gasteiger partial charge is 0.159 e. The summed E-state index contributed by atoms with van der Waals surface area (Å²) >= 11 is 0. The highest BCUT2D eigenvalue weighted by Crippen LogP contribution is 2.29. The fourth-order valence-electron chi connectivity index (χ4n) is 2.60. The maximum atomic E-state index is 11.6. The Morgan fingerprint density at radius 1 is 0.900 bits per heavy atom. The third-order valence-electron chi connectivity index (χ3n) is 3.72. The minimum atomic E-state index is 0.0423. The van der Waals surface area contributed by atoms with Crippen LogP contribution in [0, 0.1) is 6.92 Å². The van der Waals surface area contributed by atoms with E-state index in [1.165, 1.54) is 0 Å². The lowest BCUT2D eigenvalue weighted by molar-refractivity contribution is 0.100. The topological polar surface area (TPSA) is 49.9 Å². The number of aromatic amines is 1. The van der Waals surface area contributed by atoms with Gasteiger partial charge in [-0.2, -0.15) is 0 Å². The molecule has 3 nitrogen and oxygen atoms in total. The van der Waals surface area contributed by atoms with Crippen molar-refractivity contribution >= 4 is 33.4 Å². The quantitative estimate of drug-likeness (QED) is 0.711. The summed E-state index contributed by atoms with van der Waals surface area (Å²) < 4.78 is 0. The number of rotatable bonds is 2. The van der Waals surface area contributed by atoms with Crippen molar-refractivity contribution in [3.05, 3.63) is 47.0 Å². The number of hydrogen-bond donors (Lipinski definition) is 1. The number of aryl methyl sites for hydroxylation is 1. The van der Waals surface area contributed by atoms with Crippen molar-refractivity contribution in [2.24, 2.45) is 0 Å². The molecule has 0 spiro atoms. The number of fused-ring (bicyclic) bond motifs is 3. The van der Waals surface area contributed by atoms with Gasteiger partial charge >= 0.3 is 0 Å². The van der Waals surface area contributed by atoms with E-state index >= 15 is 0 Å². The Bertz CT molecular complexity index is 871. The highest BCUT2D eigenvalue weighted by atomic mass is 16.1. The molecule has 3 rings (SSSR count). The predicted molar refractivity (Wildman–Crippen MR) is 80.6 cm³/mol. The van der Waals surface area contributed by atoms with E-state index in [4.69, 9.17) is 0 Å². The van der Waals surface area contributed by atoms with Crippen LogP contribution in [0.5, 0.6) is 0 Å². The predicted octanol–water partition coefficient (Wildman–Crippen LogP) is 4.03. The molecule has 0 aliphatic heterocycles. The van der Waals surface area contributed by atoms with Gasteiger partial charge in [0.25, 0.3) is 0 Å². The van der Waals surface area contributed by atoms with Crippen LogP contribution < -0.4 is 0 Å². The van der Waals surface area contributed by atoms with Crippen LogP contribution in [-0.2, 0) is 0 Å². The van der Waals surface area contributed by atoms with Gasteiger partial charge in [-0.3, -0.25) is 9.59 Å². The molecule has 0 radical (unpaired) electrons. The van der Waals surface area contributed by atoms with Crippen LogP contribution in [0.3, 0.4) is 0 Å². The summed E-state index contributed by atoms with van der Waals surface area (Å²) in [7, 11) is 0. The molecule has 3 heteroatoms. The van der Waals surface area contributed by atoms with Crippen LogP contribution in [0.15, 0.2) is 30.3 Å². The molecule has 1 N–H and O–H groups in total. The van der Waals surface area contributed by atoms with Crippen molar-refractivity contribution in [3.63, 3.8) is 0 Å². The first-order valence-corrected chi connectivity index (χ1v) is 6.55. The first-order chi connectivity index (χ1) is 9.47. The number of H-pyrrole nitrogens is 1. The molecule has 0 saturated heterocycles. The van der Waals surface area contributed by atoms with Gasteiger partial charge in [-0.15, -0.1) is 0 Å². The van der Waals surface area contributed by atoms with Gasteiger partial charge in [0.2, 0.25) is 0 Å². The number of carbonyl (C=O) groups is 2. The Balaban J connectivity index is 2.43. The molecule has 0 aliphatic carbocycles. The van der Waals surface area contributed by atoms with Crippen molar-refractivity contribution in [2.45, 2.75) is 20.8 Å². The fraction of sp³-hybridized carbons (Fsp3) is 0.176. The number of hydrogen-bond acceptors (Lipinski definition) is 2. The highest BCUT2D eigenvalue weighted by molar-refractivity contribution is 6.12.